The van der Waals surface area contributed by atoms with Gasteiger partial charge in [0, 0.05) is 35.9 Å². The van der Waals surface area contributed by atoms with Crippen LogP contribution in [0.2, 0.25) is 0 Å². The summed E-state index contributed by atoms with van der Waals surface area (Å²) in [7, 11) is -3.31. The minimum absolute atomic E-state index is 0.0700. The number of hydrogen-bond acceptors (Lipinski definition) is 4. The van der Waals surface area contributed by atoms with Crippen molar-refractivity contribution in [1.29, 1.82) is 0 Å². The average molecular weight is 430 g/mol. The van der Waals surface area contributed by atoms with Gasteiger partial charge in [0.25, 0.3) is 0 Å². The van der Waals surface area contributed by atoms with E-state index < -0.39 is 15.3 Å². The zero-order chi connectivity index (χ0) is 21.7. The number of anilines is 1. The summed E-state index contributed by atoms with van der Waals surface area (Å²) < 4.78 is 26.7. The van der Waals surface area contributed by atoms with Crippen LogP contribution >= 0.6 is 0 Å². The molecule has 2 aromatic rings. The summed E-state index contributed by atoms with van der Waals surface area (Å²) in [6, 6.07) is 15.4. The molecule has 2 aromatic carbocycles. The average Bonchev–Trinajstić information content (AvgIpc) is 2.74. The van der Waals surface area contributed by atoms with E-state index in [2.05, 4.69) is 10.0 Å². The highest BCUT2D eigenvalue weighted by atomic mass is 32.2. The fraction of sp³-hybridized carbons (Fsp3) is 0.364. The van der Waals surface area contributed by atoms with Crippen molar-refractivity contribution in [2.24, 2.45) is 0 Å². The number of rotatable bonds is 6. The molecule has 0 aromatic heterocycles. The smallest absolute Gasteiger partial charge is 0.321 e. The first-order chi connectivity index (χ1) is 14.3. The van der Waals surface area contributed by atoms with Crippen LogP contribution in [0.5, 0.6) is 0 Å². The van der Waals surface area contributed by atoms with E-state index in [1.165, 1.54) is 0 Å². The SMILES string of the molecule is CC(C)S(=O)(=O)NC1CCN(C(=O)Nc2ccc(C(=O)c3ccccc3)cc2)CC1. The van der Waals surface area contributed by atoms with E-state index >= 15 is 0 Å². The normalized spacial score (nSPS) is 15.2. The van der Waals surface area contributed by atoms with Gasteiger partial charge in [-0.2, -0.15) is 0 Å². The Labute approximate surface area is 177 Å². The Morgan fingerprint density at radius 2 is 1.50 bits per heavy atom. The van der Waals surface area contributed by atoms with Crippen molar-refractivity contribution < 1.29 is 18.0 Å². The highest BCUT2D eigenvalue weighted by Gasteiger charge is 2.27. The van der Waals surface area contributed by atoms with Crippen molar-refractivity contribution in [3.05, 3.63) is 65.7 Å². The van der Waals surface area contributed by atoms with Gasteiger partial charge in [-0.25, -0.2) is 17.9 Å². The van der Waals surface area contributed by atoms with Crippen molar-refractivity contribution in [3.8, 4) is 0 Å². The van der Waals surface area contributed by atoms with Crippen LogP contribution in [-0.2, 0) is 10.0 Å². The largest absolute Gasteiger partial charge is 0.324 e. The van der Waals surface area contributed by atoms with Crippen LogP contribution in [0.4, 0.5) is 10.5 Å². The van der Waals surface area contributed by atoms with Gasteiger partial charge in [0.05, 0.1) is 5.25 Å². The van der Waals surface area contributed by atoms with Crippen LogP contribution in [0.3, 0.4) is 0 Å². The van der Waals surface area contributed by atoms with Gasteiger partial charge in [-0.3, -0.25) is 4.79 Å². The van der Waals surface area contributed by atoms with Crippen molar-refractivity contribution >= 4 is 27.5 Å². The second kappa shape index (κ2) is 9.40. The topological polar surface area (TPSA) is 95.6 Å². The van der Waals surface area contributed by atoms with E-state index in [4.69, 9.17) is 0 Å². The summed E-state index contributed by atoms with van der Waals surface area (Å²) in [6.07, 6.45) is 1.15. The zero-order valence-corrected chi connectivity index (χ0v) is 18.0. The number of carbonyl (C=O) groups excluding carboxylic acids is 2. The Kier molecular flexibility index (Phi) is 6.89. The van der Waals surface area contributed by atoms with Crippen molar-refractivity contribution in [2.45, 2.75) is 38.0 Å². The number of piperidine rings is 1. The van der Waals surface area contributed by atoms with Crippen molar-refractivity contribution in [3.63, 3.8) is 0 Å². The van der Waals surface area contributed by atoms with Gasteiger partial charge in [-0.1, -0.05) is 30.3 Å². The second-order valence-corrected chi connectivity index (χ2v) is 9.94. The number of urea groups is 1. The summed E-state index contributed by atoms with van der Waals surface area (Å²) in [6.45, 7) is 4.23. The van der Waals surface area contributed by atoms with Crippen LogP contribution in [0.25, 0.3) is 0 Å². The molecule has 1 aliphatic heterocycles. The Balaban J connectivity index is 1.53. The van der Waals surface area contributed by atoms with E-state index in [0.29, 0.717) is 42.7 Å². The lowest BCUT2D eigenvalue weighted by Crippen LogP contribution is -2.48. The number of sulfonamides is 1. The molecule has 0 spiro atoms. The zero-order valence-electron chi connectivity index (χ0n) is 17.2. The van der Waals surface area contributed by atoms with Crippen LogP contribution in [-0.4, -0.2) is 49.5 Å². The molecule has 1 fully saturated rings. The maximum Gasteiger partial charge on any atom is 0.321 e. The van der Waals surface area contributed by atoms with Gasteiger partial charge >= 0.3 is 6.03 Å². The number of nitrogens with zero attached hydrogens (tertiary/aromatic N) is 1. The first kappa shape index (κ1) is 22.0. The molecule has 2 N–H and O–H groups in total. The number of ketones is 1. The van der Waals surface area contributed by atoms with Crippen molar-refractivity contribution in [2.75, 3.05) is 18.4 Å². The molecule has 0 atom stereocenters. The summed E-state index contributed by atoms with van der Waals surface area (Å²) in [4.78, 5) is 26.6. The number of nitrogens with one attached hydrogen (secondary N) is 2. The molecular formula is C22H27N3O4S. The third-order valence-corrected chi connectivity index (χ3v) is 7.07. The number of benzene rings is 2. The maximum atomic E-state index is 12.5. The summed E-state index contributed by atoms with van der Waals surface area (Å²) in [5.74, 6) is -0.0700. The van der Waals surface area contributed by atoms with Crippen molar-refractivity contribution in [1.82, 2.24) is 9.62 Å². The van der Waals surface area contributed by atoms with E-state index in [1.54, 1.807) is 55.1 Å². The summed E-state index contributed by atoms with van der Waals surface area (Å²) in [5, 5.41) is 2.36. The molecule has 1 saturated heterocycles. The quantitative estimate of drug-likeness (QED) is 0.689. The molecule has 0 aliphatic carbocycles. The fourth-order valence-corrected chi connectivity index (χ4v) is 4.20. The molecule has 0 bridgehead atoms. The summed E-state index contributed by atoms with van der Waals surface area (Å²) in [5.41, 5.74) is 1.77. The Bertz CT molecular complexity index is 981. The monoisotopic (exact) mass is 429 g/mol. The van der Waals surface area contributed by atoms with Gasteiger partial charge in [-0.05, 0) is 51.0 Å². The lowest BCUT2D eigenvalue weighted by Gasteiger charge is -2.32. The molecule has 3 rings (SSSR count). The molecule has 30 heavy (non-hydrogen) atoms. The lowest BCUT2D eigenvalue weighted by molar-refractivity contribution is 0.103. The molecule has 160 valence electrons. The molecule has 8 heteroatoms. The van der Waals surface area contributed by atoms with E-state index in [0.717, 1.165) is 0 Å². The molecule has 2 amide bonds. The van der Waals surface area contributed by atoms with Crippen LogP contribution < -0.4 is 10.0 Å². The molecule has 0 radical (unpaired) electrons. The second-order valence-electron chi connectivity index (χ2n) is 7.68. The van der Waals surface area contributed by atoms with Gasteiger partial charge in [0.1, 0.15) is 0 Å². The standard InChI is InChI=1S/C22H27N3O4S/c1-16(2)30(28,29)24-20-12-14-25(15-13-20)22(27)23-19-10-8-18(9-11-19)21(26)17-6-4-3-5-7-17/h3-11,16,20,24H,12-15H2,1-2H3,(H,23,27). The Hall–Kier alpha value is -2.71. The van der Waals surface area contributed by atoms with Crippen LogP contribution in [0.1, 0.15) is 42.6 Å². The first-order valence-corrected chi connectivity index (χ1v) is 11.6. The molecule has 7 nitrogen and oxygen atoms in total. The highest BCUT2D eigenvalue weighted by molar-refractivity contribution is 7.90. The predicted molar refractivity (Wildman–Crippen MR) is 117 cm³/mol. The minimum Gasteiger partial charge on any atom is -0.324 e. The van der Waals surface area contributed by atoms with Gasteiger partial charge < -0.3 is 10.2 Å². The van der Waals surface area contributed by atoms with E-state index in [-0.39, 0.29) is 17.9 Å². The highest BCUT2D eigenvalue weighted by Crippen LogP contribution is 2.17. The number of hydrogen-bond donors (Lipinski definition) is 2. The summed E-state index contributed by atoms with van der Waals surface area (Å²) >= 11 is 0. The molecular weight excluding hydrogens is 402 g/mol. The number of amides is 2. The number of carbonyl (C=O) groups is 2. The van der Waals surface area contributed by atoms with E-state index in [9.17, 15) is 18.0 Å². The van der Waals surface area contributed by atoms with Crippen LogP contribution in [0, 0.1) is 0 Å². The third kappa shape index (κ3) is 5.46. The van der Waals surface area contributed by atoms with Gasteiger partial charge in [0.15, 0.2) is 5.78 Å². The molecule has 0 saturated carbocycles. The van der Waals surface area contributed by atoms with Gasteiger partial charge in [-0.15, -0.1) is 0 Å². The molecule has 1 heterocycles. The maximum absolute atomic E-state index is 12.5. The Morgan fingerprint density at radius 1 is 0.933 bits per heavy atom. The minimum atomic E-state index is -3.31. The Morgan fingerprint density at radius 3 is 2.07 bits per heavy atom. The fourth-order valence-electron chi connectivity index (χ4n) is 3.23. The third-order valence-electron chi connectivity index (χ3n) is 5.17. The predicted octanol–water partition coefficient (Wildman–Crippen LogP) is 3.24. The molecule has 1 aliphatic rings. The van der Waals surface area contributed by atoms with E-state index in [1.807, 2.05) is 18.2 Å². The van der Waals surface area contributed by atoms with Gasteiger partial charge in [0.2, 0.25) is 10.0 Å². The molecule has 0 unspecified atom stereocenters. The lowest BCUT2D eigenvalue weighted by atomic mass is 10.0. The van der Waals surface area contributed by atoms with Crippen LogP contribution in [0.15, 0.2) is 54.6 Å². The first-order valence-electron chi connectivity index (χ1n) is 10.0. The number of likely N-dealkylation sites (tertiary alicyclic amines) is 1.